The van der Waals surface area contributed by atoms with Gasteiger partial charge in [-0.15, -0.1) is 0 Å². The first kappa shape index (κ1) is 24.3. The van der Waals surface area contributed by atoms with Crippen LogP contribution in [0.3, 0.4) is 0 Å². The summed E-state index contributed by atoms with van der Waals surface area (Å²) in [6.07, 6.45) is 0. The van der Waals surface area contributed by atoms with Gasteiger partial charge in [0, 0.05) is 25.8 Å². The van der Waals surface area contributed by atoms with E-state index in [1.54, 1.807) is 30.3 Å². The Kier molecular flexibility index (Phi) is 7.76. The van der Waals surface area contributed by atoms with E-state index >= 15 is 0 Å². The van der Waals surface area contributed by atoms with Crippen molar-refractivity contribution in [3.63, 3.8) is 0 Å². The van der Waals surface area contributed by atoms with Crippen molar-refractivity contribution in [2.24, 2.45) is 0 Å². The van der Waals surface area contributed by atoms with Gasteiger partial charge in [-0.25, -0.2) is 8.42 Å². The van der Waals surface area contributed by atoms with E-state index in [-0.39, 0.29) is 17.3 Å². The molecule has 3 rings (SSSR count). The second kappa shape index (κ2) is 10.5. The molecule has 0 spiro atoms. The lowest BCUT2D eigenvalue weighted by atomic mass is 10.1. The van der Waals surface area contributed by atoms with Gasteiger partial charge in [-0.1, -0.05) is 48.0 Å². The number of benzene rings is 3. The summed E-state index contributed by atoms with van der Waals surface area (Å²) >= 11 is 0. The van der Waals surface area contributed by atoms with Gasteiger partial charge in [-0.05, 0) is 62.2 Å². The fourth-order valence-corrected chi connectivity index (χ4v) is 4.96. The Hall–Kier alpha value is -3.32. The number of hydrogen-bond donors (Lipinski definition) is 1. The van der Waals surface area contributed by atoms with E-state index in [2.05, 4.69) is 5.32 Å². The Morgan fingerprint density at radius 2 is 1.52 bits per heavy atom. The first-order valence-electron chi connectivity index (χ1n) is 10.9. The molecular formula is C26H31N3O3S. The van der Waals surface area contributed by atoms with Crippen molar-refractivity contribution < 1.29 is 13.2 Å². The summed E-state index contributed by atoms with van der Waals surface area (Å²) in [5, 5.41) is 2.86. The number of likely N-dealkylation sites (N-methyl/N-ethyl adjacent to an activating group) is 1. The van der Waals surface area contributed by atoms with E-state index < -0.39 is 10.0 Å². The monoisotopic (exact) mass is 465 g/mol. The molecule has 0 bridgehead atoms. The van der Waals surface area contributed by atoms with E-state index in [9.17, 15) is 13.2 Å². The van der Waals surface area contributed by atoms with Crippen molar-refractivity contribution >= 4 is 27.3 Å². The third kappa shape index (κ3) is 6.14. The molecule has 3 aromatic carbocycles. The minimum Gasteiger partial charge on any atom is -0.373 e. The van der Waals surface area contributed by atoms with E-state index in [1.165, 1.54) is 4.31 Å². The number of hydrogen-bond acceptors (Lipinski definition) is 4. The number of nitrogens with zero attached hydrogens (tertiary/aromatic N) is 2. The van der Waals surface area contributed by atoms with Gasteiger partial charge in [0.2, 0.25) is 5.91 Å². The fraction of sp³-hybridized carbons (Fsp3) is 0.269. The van der Waals surface area contributed by atoms with Gasteiger partial charge >= 0.3 is 0 Å². The van der Waals surface area contributed by atoms with E-state index in [0.29, 0.717) is 18.8 Å². The molecule has 0 saturated carbocycles. The number of carbonyl (C=O) groups excluding carboxylic acids is 1. The average molecular weight is 466 g/mol. The molecule has 0 radical (unpaired) electrons. The van der Waals surface area contributed by atoms with Gasteiger partial charge in [-0.3, -0.25) is 9.10 Å². The maximum atomic E-state index is 13.5. The number of sulfonamides is 1. The highest BCUT2D eigenvalue weighted by Crippen LogP contribution is 2.28. The highest BCUT2D eigenvalue weighted by molar-refractivity contribution is 7.92. The Balaban J connectivity index is 1.79. The summed E-state index contributed by atoms with van der Waals surface area (Å²) in [6, 6.07) is 22.1. The van der Waals surface area contributed by atoms with E-state index in [4.69, 9.17) is 0 Å². The molecule has 7 heteroatoms. The van der Waals surface area contributed by atoms with Crippen LogP contribution in [0.5, 0.6) is 0 Å². The quantitative estimate of drug-likeness (QED) is 0.517. The standard InChI is InChI=1S/C26H31N3O3S/c1-20-11-14-24(15-12-20)33(31,32)29(25-18-21(2)10-13-22(25)3)19-26(30)27-16-17-28(4)23-8-6-5-7-9-23/h5-15,18H,16-17,19H2,1-4H3,(H,27,30). The van der Waals surface area contributed by atoms with Crippen LogP contribution < -0.4 is 14.5 Å². The zero-order chi connectivity index (χ0) is 24.0. The van der Waals surface area contributed by atoms with Crippen LogP contribution in [0.1, 0.15) is 16.7 Å². The number of carbonyl (C=O) groups is 1. The number of amides is 1. The lowest BCUT2D eigenvalue weighted by molar-refractivity contribution is -0.119. The van der Waals surface area contributed by atoms with Crippen molar-refractivity contribution in [3.05, 3.63) is 89.5 Å². The van der Waals surface area contributed by atoms with Crippen LogP contribution in [0.4, 0.5) is 11.4 Å². The van der Waals surface area contributed by atoms with Crippen molar-refractivity contribution in [2.75, 3.05) is 35.9 Å². The predicted octanol–water partition coefficient (Wildman–Crippen LogP) is 4.06. The number of rotatable bonds is 9. The van der Waals surface area contributed by atoms with Gasteiger partial charge in [-0.2, -0.15) is 0 Å². The zero-order valence-electron chi connectivity index (χ0n) is 19.6. The number of aryl methyl sites for hydroxylation is 3. The molecule has 0 aliphatic carbocycles. The van der Waals surface area contributed by atoms with Crippen LogP contribution in [0.15, 0.2) is 77.7 Å². The number of anilines is 2. The molecule has 1 amide bonds. The maximum Gasteiger partial charge on any atom is 0.264 e. The molecule has 0 aromatic heterocycles. The molecule has 0 heterocycles. The predicted molar refractivity (Wildman–Crippen MR) is 134 cm³/mol. The minimum atomic E-state index is -3.93. The van der Waals surface area contributed by atoms with Gasteiger partial charge in [0.25, 0.3) is 10.0 Å². The summed E-state index contributed by atoms with van der Waals surface area (Å²) in [5.74, 6) is -0.354. The molecular weight excluding hydrogens is 434 g/mol. The first-order valence-corrected chi connectivity index (χ1v) is 12.3. The van der Waals surface area contributed by atoms with Crippen molar-refractivity contribution in [1.82, 2.24) is 5.32 Å². The Morgan fingerprint density at radius 3 is 2.18 bits per heavy atom. The third-order valence-corrected chi connectivity index (χ3v) is 7.27. The van der Waals surface area contributed by atoms with Crippen molar-refractivity contribution in [1.29, 1.82) is 0 Å². The second-order valence-corrected chi connectivity index (χ2v) is 10.1. The van der Waals surface area contributed by atoms with Crippen LogP contribution in [-0.4, -0.2) is 41.0 Å². The lowest BCUT2D eigenvalue weighted by Crippen LogP contribution is -2.43. The maximum absolute atomic E-state index is 13.5. The Labute approximate surface area is 196 Å². The summed E-state index contributed by atoms with van der Waals surface area (Å²) in [7, 11) is -1.98. The first-order chi connectivity index (χ1) is 15.7. The van der Waals surface area contributed by atoms with Crippen LogP contribution >= 0.6 is 0 Å². The highest BCUT2D eigenvalue weighted by Gasteiger charge is 2.28. The normalized spacial score (nSPS) is 11.2. The molecule has 0 unspecified atom stereocenters. The molecule has 0 atom stereocenters. The number of nitrogens with one attached hydrogen (secondary N) is 1. The molecule has 33 heavy (non-hydrogen) atoms. The van der Waals surface area contributed by atoms with Crippen LogP contribution in [0, 0.1) is 20.8 Å². The molecule has 0 fully saturated rings. The van der Waals surface area contributed by atoms with Crippen LogP contribution in [0.25, 0.3) is 0 Å². The van der Waals surface area contributed by atoms with E-state index in [1.807, 2.05) is 75.2 Å². The minimum absolute atomic E-state index is 0.158. The Morgan fingerprint density at radius 1 is 0.879 bits per heavy atom. The highest BCUT2D eigenvalue weighted by atomic mass is 32.2. The van der Waals surface area contributed by atoms with Crippen LogP contribution in [0.2, 0.25) is 0 Å². The smallest absolute Gasteiger partial charge is 0.264 e. The molecule has 3 aromatic rings. The Bertz CT molecular complexity index is 1190. The lowest BCUT2D eigenvalue weighted by Gasteiger charge is -2.26. The topological polar surface area (TPSA) is 69.7 Å². The number of para-hydroxylation sites is 1. The zero-order valence-corrected chi connectivity index (χ0v) is 20.4. The molecule has 174 valence electrons. The summed E-state index contributed by atoms with van der Waals surface area (Å²) in [6.45, 7) is 6.35. The summed E-state index contributed by atoms with van der Waals surface area (Å²) in [4.78, 5) is 15.0. The van der Waals surface area contributed by atoms with Crippen molar-refractivity contribution in [3.8, 4) is 0 Å². The largest absolute Gasteiger partial charge is 0.373 e. The molecule has 0 saturated heterocycles. The summed E-state index contributed by atoms with van der Waals surface area (Å²) in [5.41, 5.74) is 4.22. The fourth-order valence-electron chi connectivity index (χ4n) is 3.49. The second-order valence-electron chi connectivity index (χ2n) is 8.22. The molecule has 1 N–H and O–H groups in total. The third-order valence-electron chi connectivity index (χ3n) is 5.50. The molecule has 6 nitrogen and oxygen atoms in total. The van der Waals surface area contributed by atoms with Gasteiger partial charge in [0.15, 0.2) is 0 Å². The van der Waals surface area contributed by atoms with Crippen molar-refractivity contribution in [2.45, 2.75) is 25.7 Å². The van der Waals surface area contributed by atoms with E-state index in [0.717, 1.165) is 22.4 Å². The summed E-state index contributed by atoms with van der Waals surface area (Å²) < 4.78 is 28.3. The molecule has 0 aliphatic heterocycles. The van der Waals surface area contributed by atoms with Gasteiger partial charge in [0.1, 0.15) is 6.54 Å². The van der Waals surface area contributed by atoms with Gasteiger partial charge in [0.05, 0.1) is 10.6 Å². The van der Waals surface area contributed by atoms with Gasteiger partial charge < -0.3 is 10.2 Å². The van der Waals surface area contributed by atoms with Crippen LogP contribution in [-0.2, 0) is 14.8 Å². The SMILES string of the molecule is Cc1ccc(S(=O)(=O)N(CC(=O)NCCN(C)c2ccccc2)c2cc(C)ccc2C)cc1. The average Bonchev–Trinajstić information content (AvgIpc) is 2.80. The molecule has 0 aliphatic rings.